The largest absolute Gasteiger partial charge is 0.496 e. The van der Waals surface area contributed by atoms with E-state index < -0.39 is 0 Å². The zero-order valence-electron chi connectivity index (χ0n) is 9.91. The van der Waals surface area contributed by atoms with Gasteiger partial charge in [0.15, 0.2) is 5.78 Å². The van der Waals surface area contributed by atoms with Crippen LogP contribution in [-0.2, 0) is 0 Å². The van der Waals surface area contributed by atoms with Crippen LogP contribution in [0.4, 0.5) is 0 Å². The van der Waals surface area contributed by atoms with Gasteiger partial charge in [-0.25, -0.2) is 0 Å². The van der Waals surface area contributed by atoms with E-state index in [1.54, 1.807) is 43.5 Å². The molecule has 0 bridgehead atoms. The van der Waals surface area contributed by atoms with Gasteiger partial charge in [0, 0.05) is 20.6 Å². The first-order valence-electron chi connectivity index (χ1n) is 5.35. The summed E-state index contributed by atoms with van der Waals surface area (Å²) < 4.78 is 6.65. The first-order chi connectivity index (χ1) is 9.01. The van der Waals surface area contributed by atoms with Crippen molar-refractivity contribution in [2.24, 2.45) is 0 Å². The van der Waals surface area contributed by atoms with Gasteiger partial charge in [0.25, 0.3) is 0 Å². The molecule has 0 saturated heterocycles. The van der Waals surface area contributed by atoms with Crippen molar-refractivity contribution in [1.82, 2.24) is 0 Å². The Morgan fingerprint density at radius 1 is 1.11 bits per heavy atom. The van der Waals surface area contributed by atoms with Gasteiger partial charge in [-0.15, -0.1) is 0 Å². The minimum atomic E-state index is -0.0912. The Hall–Kier alpha value is -0.840. The highest BCUT2D eigenvalue weighted by atomic mass is 79.9. The Balaban J connectivity index is 2.41. The highest BCUT2D eigenvalue weighted by molar-refractivity contribution is 9.10. The van der Waals surface area contributed by atoms with Crippen LogP contribution in [0.1, 0.15) is 15.9 Å². The van der Waals surface area contributed by atoms with Crippen LogP contribution in [0.15, 0.2) is 45.3 Å². The molecule has 2 rings (SSSR count). The van der Waals surface area contributed by atoms with E-state index in [0.29, 0.717) is 21.9 Å². The summed E-state index contributed by atoms with van der Waals surface area (Å²) in [6.45, 7) is 0. The average molecular weight is 404 g/mol. The molecule has 0 radical (unpaired) electrons. The second kappa shape index (κ2) is 6.07. The molecule has 98 valence electrons. The summed E-state index contributed by atoms with van der Waals surface area (Å²) in [5, 5.41) is 0.519. The quantitative estimate of drug-likeness (QED) is 0.665. The van der Waals surface area contributed by atoms with E-state index in [2.05, 4.69) is 31.9 Å². The SMILES string of the molecule is COc1ccc(C(=O)c2cc(Cl)cc(Br)c2)cc1Br. The van der Waals surface area contributed by atoms with Gasteiger partial charge < -0.3 is 4.74 Å². The Bertz CT molecular complexity index is 621. The van der Waals surface area contributed by atoms with Crippen LogP contribution < -0.4 is 4.74 Å². The number of ether oxygens (including phenoxy) is 1. The Morgan fingerprint density at radius 3 is 2.42 bits per heavy atom. The number of benzene rings is 2. The summed E-state index contributed by atoms with van der Waals surface area (Å²) in [7, 11) is 1.58. The molecule has 0 saturated carbocycles. The molecule has 0 atom stereocenters. The summed E-state index contributed by atoms with van der Waals surface area (Å²) in [5.41, 5.74) is 1.11. The molecular formula is C14H9Br2ClO2. The molecule has 0 heterocycles. The van der Waals surface area contributed by atoms with Gasteiger partial charge in [0.1, 0.15) is 5.75 Å². The third-order valence-electron chi connectivity index (χ3n) is 2.54. The van der Waals surface area contributed by atoms with Gasteiger partial charge in [0.05, 0.1) is 11.6 Å². The molecule has 0 fully saturated rings. The maximum absolute atomic E-state index is 12.4. The molecule has 0 aromatic heterocycles. The summed E-state index contributed by atoms with van der Waals surface area (Å²) in [6, 6.07) is 10.3. The third-order valence-corrected chi connectivity index (χ3v) is 3.83. The second-order valence-corrected chi connectivity index (χ2v) is 6.04. The van der Waals surface area contributed by atoms with E-state index in [0.717, 1.165) is 8.95 Å². The lowest BCUT2D eigenvalue weighted by molar-refractivity contribution is 0.103. The van der Waals surface area contributed by atoms with Gasteiger partial charge >= 0.3 is 0 Å². The molecule has 5 heteroatoms. The lowest BCUT2D eigenvalue weighted by Gasteiger charge is -2.06. The highest BCUT2D eigenvalue weighted by Crippen LogP contribution is 2.27. The lowest BCUT2D eigenvalue weighted by atomic mass is 10.0. The molecule has 0 N–H and O–H groups in total. The van der Waals surface area contributed by atoms with Crippen molar-refractivity contribution in [3.63, 3.8) is 0 Å². The fourth-order valence-corrected chi connectivity index (χ4v) is 3.06. The monoisotopic (exact) mass is 402 g/mol. The minimum absolute atomic E-state index is 0.0912. The summed E-state index contributed by atoms with van der Waals surface area (Å²) in [5.74, 6) is 0.593. The normalized spacial score (nSPS) is 10.3. The van der Waals surface area contributed by atoms with Crippen molar-refractivity contribution in [2.45, 2.75) is 0 Å². The van der Waals surface area contributed by atoms with Gasteiger partial charge in [-0.05, 0) is 52.3 Å². The molecule has 0 aliphatic carbocycles. The zero-order valence-corrected chi connectivity index (χ0v) is 13.8. The van der Waals surface area contributed by atoms with Crippen molar-refractivity contribution < 1.29 is 9.53 Å². The van der Waals surface area contributed by atoms with Gasteiger partial charge in [0.2, 0.25) is 0 Å². The van der Waals surface area contributed by atoms with Crippen LogP contribution in [0, 0.1) is 0 Å². The number of halogens is 3. The predicted octanol–water partition coefficient (Wildman–Crippen LogP) is 5.10. The fourth-order valence-electron chi connectivity index (χ4n) is 1.66. The molecule has 19 heavy (non-hydrogen) atoms. The standard InChI is InChI=1S/C14H9Br2ClO2/c1-19-13-3-2-8(6-12(13)16)14(18)9-4-10(15)7-11(17)5-9/h2-7H,1H3. The van der Waals surface area contributed by atoms with Gasteiger partial charge in [-0.1, -0.05) is 27.5 Å². The number of rotatable bonds is 3. The molecule has 0 amide bonds. The number of methoxy groups -OCH3 is 1. The van der Waals surface area contributed by atoms with Gasteiger partial charge in [-0.2, -0.15) is 0 Å². The van der Waals surface area contributed by atoms with E-state index >= 15 is 0 Å². The van der Waals surface area contributed by atoms with E-state index in [-0.39, 0.29) is 5.78 Å². The molecule has 0 aliphatic heterocycles. The van der Waals surface area contributed by atoms with Gasteiger partial charge in [-0.3, -0.25) is 4.79 Å². The van der Waals surface area contributed by atoms with Crippen LogP contribution in [0.25, 0.3) is 0 Å². The van der Waals surface area contributed by atoms with Crippen LogP contribution in [0.5, 0.6) is 5.75 Å². The van der Waals surface area contributed by atoms with Crippen molar-refractivity contribution in [3.8, 4) is 5.75 Å². The van der Waals surface area contributed by atoms with Crippen molar-refractivity contribution in [1.29, 1.82) is 0 Å². The van der Waals surface area contributed by atoms with Crippen LogP contribution >= 0.6 is 43.5 Å². The first-order valence-corrected chi connectivity index (χ1v) is 7.32. The van der Waals surface area contributed by atoms with Crippen LogP contribution in [0.3, 0.4) is 0 Å². The summed E-state index contributed by atoms with van der Waals surface area (Å²) in [6.07, 6.45) is 0. The fraction of sp³-hybridized carbons (Fsp3) is 0.0714. The lowest BCUT2D eigenvalue weighted by Crippen LogP contribution is -2.01. The topological polar surface area (TPSA) is 26.3 Å². The van der Waals surface area contributed by atoms with Crippen molar-refractivity contribution in [2.75, 3.05) is 7.11 Å². The van der Waals surface area contributed by atoms with E-state index in [9.17, 15) is 4.79 Å². The maximum atomic E-state index is 12.4. The predicted molar refractivity (Wildman–Crippen MR) is 83.3 cm³/mol. The van der Waals surface area contributed by atoms with Crippen LogP contribution in [-0.4, -0.2) is 12.9 Å². The summed E-state index contributed by atoms with van der Waals surface area (Å²) >= 11 is 12.6. The zero-order chi connectivity index (χ0) is 14.0. The third kappa shape index (κ3) is 3.38. The van der Waals surface area contributed by atoms with Crippen molar-refractivity contribution in [3.05, 3.63) is 61.5 Å². The Morgan fingerprint density at radius 2 is 1.84 bits per heavy atom. The van der Waals surface area contributed by atoms with Crippen molar-refractivity contribution >= 4 is 49.2 Å². The van der Waals surface area contributed by atoms with E-state index in [1.165, 1.54) is 0 Å². The molecule has 2 aromatic rings. The Kier molecular flexibility index (Phi) is 4.66. The number of ketones is 1. The maximum Gasteiger partial charge on any atom is 0.193 e. The van der Waals surface area contributed by atoms with E-state index in [1.807, 2.05) is 0 Å². The highest BCUT2D eigenvalue weighted by Gasteiger charge is 2.12. The molecule has 0 aliphatic rings. The van der Waals surface area contributed by atoms with E-state index in [4.69, 9.17) is 16.3 Å². The molecule has 2 nitrogen and oxygen atoms in total. The number of hydrogen-bond donors (Lipinski definition) is 0. The smallest absolute Gasteiger partial charge is 0.193 e. The number of carbonyl (C=O) groups excluding carboxylic acids is 1. The molecule has 0 spiro atoms. The average Bonchev–Trinajstić information content (AvgIpc) is 2.36. The minimum Gasteiger partial charge on any atom is -0.496 e. The number of carbonyl (C=O) groups is 1. The Labute approximate surface area is 133 Å². The first kappa shape index (κ1) is 14.6. The molecule has 0 unspecified atom stereocenters. The second-order valence-electron chi connectivity index (χ2n) is 3.84. The summed E-state index contributed by atoms with van der Waals surface area (Å²) in [4.78, 5) is 12.4. The van der Waals surface area contributed by atoms with Crippen LogP contribution in [0.2, 0.25) is 5.02 Å². The molecular weight excluding hydrogens is 395 g/mol. The number of hydrogen-bond acceptors (Lipinski definition) is 2. The molecule has 2 aromatic carbocycles.